The lowest BCUT2D eigenvalue weighted by Crippen LogP contribution is -2.50. The average Bonchev–Trinajstić information content (AvgIpc) is 3.17. The van der Waals surface area contributed by atoms with Crippen LogP contribution in [-0.2, 0) is 16.0 Å². The molecule has 0 radical (unpaired) electrons. The van der Waals surface area contributed by atoms with E-state index in [4.69, 9.17) is 23.2 Å². The Morgan fingerprint density at radius 2 is 1.94 bits per heavy atom. The van der Waals surface area contributed by atoms with E-state index in [2.05, 4.69) is 15.6 Å². The summed E-state index contributed by atoms with van der Waals surface area (Å²) in [7, 11) is 0. The molecule has 2 amide bonds. The van der Waals surface area contributed by atoms with Crippen LogP contribution < -0.4 is 5.32 Å². The zero-order valence-corrected chi connectivity index (χ0v) is 21.7. The molecule has 1 saturated heterocycles. The van der Waals surface area contributed by atoms with Gasteiger partial charge in [-0.15, -0.1) is 5.10 Å². The highest BCUT2D eigenvalue weighted by molar-refractivity contribution is 6.35. The number of likely N-dealkylation sites (tertiary alicyclic amines) is 1. The van der Waals surface area contributed by atoms with Crippen LogP contribution in [0, 0.1) is 5.41 Å². The number of nitrogens with zero attached hydrogens (tertiary/aromatic N) is 4. The smallest absolute Gasteiger partial charge is 0.248 e. The Kier molecular flexibility index (Phi) is 6.34. The summed E-state index contributed by atoms with van der Waals surface area (Å²) in [5, 5.41) is 23.2. The van der Waals surface area contributed by atoms with Crippen molar-refractivity contribution in [2.24, 2.45) is 5.41 Å². The third kappa shape index (κ3) is 4.80. The molecular formula is C25H31Cl2N5O3. The van der Waals surface area contributed by atoms with Gasteiger partial charge >= 0.3 is 0 Å². The maximum absolute atomic E-state index is 13.9. The number of carbonyl (C=O) groups excluding carboxylic acids is 2. The first-order valence-electron chi connectivity index (χ1n) is 12.2. The highest BCUT2D eigenvalue weighted by atomic mass is 35.5. The number of β-amino-alcohol motifs (C(OH)–C–C–N with tert-alkyl or cyclic N) is 1. The van der Waals surface area contributed by atoms with E-state index in [0.29, 0.717) is 22.4 Å². The van der Waals surface area contributed by atoms with E-state index in [1.54, 1.807) is 10.7 Å². The molecule has 1 saturated carbocycles. The molecule has 10 heteroatoms. The largest absolute Gasteiger partial charge is 0.391 e. The highest BCUT2D eigenvalue weighted by Gasteiger charge is 2.46. The average molecular weight is 520 g/mol. The summed E-state index contributed by atoms with van der Waals surface area (Å²) in [6.07, 6.45) is 4.91. The fourth-order valence-corrected chi connectivity index (χ4v) is 5.99. The number of nitrogens with one attached hydrogen (secondary N) is 1. The lowest BCUT2D eigenvalue weighted by Gasteiger charge is -2.34. The minimum Gasteiger partial charge on any atom is -0.391 e. The van der Waals surface area contributed by atoms with Crippen molar-refractivity contribution in [1.29, 1.82) is 0 Å². The summed E-state index contributed by atoms with van der Waals surface area (Å²) < 4.78 is 1.63. The number of fused-ring (bicyclic) bond motifs is 1. The van der Waals surface area contributed by atoms with Gasteiger partial charge in [0.25, 0.3) is 0 Å². The summed E-state index contributed by atoms with van der Waals surface area (Å²) in [6, 6.07) is 1.90. The summed E-state index contributed by atoms with van der Waals surface area (Å²) in [6.45, 7) is 6.02. The number of hydrogen-bond acceptors (Lipinski definition) is 5. The van der Waals surface area contributed by atoms with E-state index in [0.717, 1.165) is 36.1 Å². The number of carbonyl (C=O) groups is 2. The SMILES string of the molecule is CC(C)(C)C(C(=O)N1C[C@H](O)C[C@H]1C(=O)NC1CCc2c(Cl)cc(Cl)cc21)n1cc(C2CC2)nn1. The molecule has 1 aromatic heterocycles. The molecule has 1 aromatic carbocycles. The third-order valence-electron chi connectivity index (χ3n) is 7.28. The fraction of sp³-hybridized carbons (Fsp3) is 0.600. The predicted molar refractivity (Wildman–Crippen MR) is 132 cm³/mol. The number of aromatic nitrogens is 3. The highest BCUT2D eigenvalue weighted by Crippen LogP contribution is 2.41. The van der Waals surface area contributed by atoms with Gasteiger partial charge in [-0.3, -0.25) is 9.59 Å². The van der Waals surface area contributed by atoms with Crippen LogP contribution in [-0.4, -0.2) is 55.5 Å². The summed E-state index contributed by atoms with van der Waals surface area (Å²) in [5.74, 6) is -0.101. The molecule has 2 aliphatic carbocycles. The van der Waals surface area contributed by atoms with Crippen molar-refractivity contribution in [2.75, 3.05) is 6.54 Å². The number of aliphatic hydroxyl groups is 1. The Balaban J connectivity index is 1.37. The molecule has 8 nitrogen and oxygen atoms in total. The Labute approximate surface area is 215 Å². The minimum atomic E-state index is -0.771. The summed E-state index contributed by atoms with van der Waals surface area (Å²) >= 11 is 12.6. The molecule has 35 heavy (non-hydrogen) atoms. The van der Waals surface area contributed by atoms with Gasteiger partial charge in [0.15, 0.2) is 0 Å². The van der Waals surface area contributed by atoms with Gasteiger partial charge in [0.1, 0.15) is 12.1 Å². The van der Waals surface area contributed by atoms with Gasteiger partial charge < -0.3 is 15.3 Å². The lowest BCUT2D eigenvalue weighted by molar-refractivity contribution is -0.144. The van der Waals surface area contributed by atoms with Crippen molar-refractivity contribution in [3.8, 4) is 0 Å². The molecule has 1 aliphatic heterocycles. The first kappa shape index (κ1) is 24.5. The van der Waals surface area contributed by atoms with Crippen molar-refractivity contribution in [3.63, 3.8) is 0 Å². The second-order valence-electron chi connectivity index (χ2n) is 11.1. The predicted octanol–water partition coefficient (Wildman–Crippen LogP) is 3.82. The van der Waals surface area contributed by atoms with E-state index in [-0.39, 0.29) is 30.8 Å². The minimum absolute atomic E-state index is 0.104. The number of amides is 2. The molecule has 0 spiro atoms. The first-order valence-corrected chi connectivity index (χ1v) is 13.0. The van der Waals surface area contributed by atoms with Crippen molar-refractivity contribution in [1.82, 2.24) is 25.2 Å². The topological polar surface area (TPSA) is 100 Å². The monoisotopic (exact) mass is 519 g/mol. The maximum atomic E-state index is 13.9. The van der Waals surface area contributed by atoms with Crippen molar-refractivity contribution < 1.29 is 14.7 Å². The van der Waals surface area contributed by atoms with E-state index >= 15 is 0 Å². The Hall–Kier alpha value is -2.16. The number of halogens is 2. The standard InChI is InChI=1S/C25H31Cl2N5O3/c1-25(2,3)22(32-12-20(29-30-32)13-4-5-13)24(35)31-11-15(33)10-21(31)23(34)28-19-7-6-16-17(19)8-14(26)9-18(16)27/h8-9,12-13,15,19,21-22,33H,4-7,10-11H2,1-3H3,(H,28,34)/t15-,19?,21+,22?/m1/s1. The fourth-order valence-electron chi connectivity index (χ4n) is 5.39. The zero-order chi connectivity index (χ0) is 25.1. The molecule has 3 aliphatic rings. The van der Waals surface area contributed by atoms with Crippen LogP contribution in [0.3, 0.4) is 0 Å². The van der Waals surface area contributed by atoms with Crippen molar-refractivity contribution in [2.45, 2.75) is 83.0 Å². The number of benzene rings is 1. The second kappa shape index (κ2) is 9.05. The number of aliphatic hydroxyl groups excluding tert-OH is 1. The van der Waals surface area contributed by atoms with E-state index < -0.39 is 23.6 Å². The molecule has 2 heterocycles. The molecule has 4 atom stereocenters. The number of hydrogen-bond donors (Lipinski definition) is 2. The van der Waals surface area contributed by atoms with Gasteiger partial charge in [0.2, 0.25) is 11.8 Å². The second-order valence-corrected chi connectivity index (χ2v) is 12.0. The van der Waals surface area contributed by atoms with Crippen LogP contribution >= 0.6 is 23.2 Å². The van der Waals surface area contributed by atoms with Crippen LogP contribution in [0.4, 0.5) is 0 Å². The normalized spacial score (nSPS) is 25.0. The molecule has 188 valence electrons. The molecule has 2 unspecified atom stereocenters. The summed E-state index contributed by atoms with van der Waals surface area (Å²) in [4.78, 5) is 28.8. The Morgan fingerprint density at radius 1 is 1.20 bits per heavy atom. The Morgan fingerprint density at radius 3 is 2.63 bits per heavy atom. The quantitative estimate of drug-likeness (QED) is 0.625. The number of rotatable bonds is 5. The molecule has 5 rings (SSSR count). The van der Waals surface area contributed by atoms with Gasteiger partial charge in [-0.2, -0.15) is 0 Å². The van der Waals surface area contributed by atoms with Crippen molar-refractivity contribution >= 4 is 35.0 Å². The first-order chi connectivity index (χ1) is 16.5. The van der Waals surface area contributed by atoms with Gasteiger partial charge in [-0.05, 0) is 54.4 Å². The molecule has 2 fully saturated rings. The zero-order valence-electron chi connectivity index (χ0n) is 20.2. The van der Waals surface area contributed by atoms with E-state index in [1.807, 2.05) is 33.0 Å². The van der Waals surface area contributed by atoms with Crippen LogP contribution in [0.5, 0.6) is 0 Å². The van der Waals surface area contributed by atoms with E-state index in [9.17, 15) is 14.7 Å². The molecule has 2 aromatic rings. The van der Waals surface area contributed by atoms with Crippen LogP contribution in [0.25, 0.3) is 0 Å². The molecule has 0 bridgehead atoms. The van der Waals surface area contributed by atoms with Gasteiger partial charge in [0.05, 0.1) is 17.8 Å². The van der Waals surface area contributed by atoms with E-state index in [1.165, 1.54) is 4.90 Å². The summed E-state index contributed by atoms with van der Waals surface area (Å²) in [5.41, 5.74) is 2.33. The van der Waals surface area contributed by atoms with Crippen LogP contribution in [0.2, 0.25) is 10.0 Å². The van der Waals surface area contributed by atoms with Crippen LogP contribution in [0.1, 0.15) is 81.3 Å². The van der Waals surface area contributed by atoms with Crippen molar-refractivity contribution in [3.05, 3.63) is 45.2 Å². The lowest BCUT2D eigenvalue weighted by atomic mass is 9.85. The Bertz CT molecular complexity index is 1160. The maximum Gasteiger partial charge on any atom is 0.248 e. The van der Waals surface area contributed by atoms with Crippen LogP contribution in [0.15, 0.2) is 18.3 Å². The van der Waals surface area contributed by atoms with Gasteiger partial charge in [-0.25, -0.2) is 4.68 Å². The van der Waals surface area contributed by atoms with Gasteiger partial charge in [0, 0.05) is 35.1 Å². The molecular weight excluding hydrogens is 489 g/mol. The molecule has 2 N–H and O–H groups in total. The third-order valence-corrected chi connectivity index (χ3v) is 7.83. The van der Waals surface area contributed by atoms with Gasteiger partial charge in [-0.1, -0.05) is 49.2 Å².